The van der Waals surface area contributed by atoms with Crippen molar-refractivity contribution >= 4 is 5.91 Å². The van der Waals surface area contributed by atoms with Crippen LogP contribution in [0.2, 0.25) is 0 Å². The molecule has 0 aromatic heterocycles. The van der Waals surface area contributed by atoms with Gasteiger partial charge < -0.3 is 9.80 Å². The molecule has 2 fully saturated rings. The zero-order valence-electron chi connectivity index (χ0n) is 15.5. The van der Waals surface area contributed by atoms with E-state index in [4.69, 9.17) is 0 Å². The molecule has 2 heterocycles. The number of carbonyl (C=O) groups excluding carboxylic acids is 1. The molecule has 2 unspecified atom stereocenters. The van der Waals surface area contributed by atoms with E-state index in [0.29, 0.717) is 5.91 Å². The van der Waals surface area contributed by atoms with Crippen molar-refractivity contribution in [3.8, 4) is 0 Å². The highest BCUT2D eigenvalue weighted by atomic mass is 16.2. The van der Waals surface area contributed by atoms with Gasteiger partial charge in [0.2, 0.25) is 5.91 Å². The summed E-state index contributed by atoms with van der Waals surface area (Å²) in [7, 11) is 0. The van der Waals surface area contributed by atoms with E-state index in [2.05, 4.69) is 33.8 Å². The monoisotopic (exact) mass is 333 g/mol. The van der Waals surface area contributed by atoms with Crippen LogP contribution in [-0.2, 0) is 4.79 Å². The summed E-state index contributed by atoms with van der Waals surface area (Å²) in [5.41, 5.74) is 0. The van der Waals surface area contributed by atoms with Gasteiger partial charge in [-0.1, -0.05) is 25.0 Å². The van der Waals surface area contributed by atoms with Crippen LogP contribution in [0, 0.1) is 5.92 Å². The SMILES string of the molecule is CC(C(=O)N1CCCCCC1)N1CCN(CC2CC=CCC2)CC1. The van der Waals surface area contributed by atoms with Crippen LogP contribution in [0.3, 0.4) is 0 Å². The summed E-state index contributed by atoms with van der Waals surface area (Å²) >= 11 is 0. The van der Waals surface area contributed by atoms with Gasteiger partial charge in [-0.3, -0.25) is 9.69 Å². The highest BCUT2D eigenvalue weighted by Gasteiger charge is 2.29. The number of rotatable bonds is 4. The maximum Gasteiger partial charge on any atom is 0.239 e. The number of piperazine rings is 1. The Morgan fingerprint density at radius 3 is 2.33 bits per heavy atom. The molecule has 3 aliphatic rings. The summed E-state index contributed by atoms with van der Waals surface area (Å²) < 4.78 is 0. The van der Waals surface area contributed by atoms with Crippen LogP contribution in [0.5, 0.6) is 0 Å². The summed E-state index contributed by atoms with van der Waals surface area (Å²) in [6.07, 6.45) is 13.5. The number of nitrogens with zero attached hydrogens (tertiary/aromatic N) is 3. The minimum Gasteiger partial charge on any atom is -0.341 e. The minimum atomic E-state index is 0.0582. The fraction of sp³-hybridized carbons (Fsp3) is 0.850. The van der Waals surface area contributed by atoms with E-state index in [1.54, 1.807) is 0 Å². The molecule has 3 rings (SSSR count). The van der Waals surface area contributed by atoms with E-state index < -0.39 is 0 Å². The number of amides is 1. The number of hydrogen-bond acceptors (Lipinski definition) is 3. The average Bonchev–Trinajstić information content (AvgIpc) is 2.91. The summed E-state index contributed by atoms with van der Waals surface area (Å²) in [5.74, 6) is 1.21. The largest absolute Gasteiger partial charge is 0.341 e. The van der Waals surface area contributed by atoms with Gasteiger partial charge in [0, 0.05) is 45.8 Å². The molecule has 1 amide bonds. The van der Waals surface area contributed by atoms with Crippen LogP contribution < -0.4 is 0 Å². The number of carbonyl (C=O) groups is 1. The van der Waals surface area contributed by atoms with Gasteiger partial charge in [-0.15, -0.1) is 0 Å². The van der Waals surface area contributed by atoms with E-state index in [1.165, 1.54) is 51.5 Å². The smallest absolute Gasteiger partial charge is 0.239 e. The summed E-state index contributed by atoms with van der Waals surface area (Å²) in [6.45, 7) is 9.64. The topological polar surface area (TPSA) is 26.8 Å². The zero-order valence-corrected chi connectivity index (χ0v) is 15.5. The Labute approximate surface area is 147 Å². The molecule has 0 radical (unpaired) electrons. The van der Waals surface area contributed by atoms with Gasteiger partial charge in [-0.2, -0.15) is 0 Å². The quantitative estimate of drug-likeness (QED) is 0.740. The third-order valence-electron chi connectivity index (χ3n) is 6.12. The molecular formula is C20H35N3O. The van der Waals surface area contributed by atoms with Crippen molar-refractivity contribution in [1.29, 1.82) is 0 Å². The normalized spacial score (nSPS) is 28.5. The molecule has 24 heavy (non-hydrogen) atoms. The standard InChI is InChI=1S/C20H35N3O/c1-18(20(24)23-11-7-2-3-8-12-23)22-15-13-21(14-16-22)17-19-9-5-4-6-10-19/h4-5,18-19H,2-3,6-17H2,1H3. The molecule has 2 saturated heterocycles. The molecule has 0 N–H and O–H groups in total. The molecule has 0 aromatic carbocycles. The van der Waals surface area contributed by atoms with Gasteiger partial charge in [-0.25, -0.2) is 0 Å². The van der Waals surface area contributed by atoms with Crippen molar-refractivity contribution in [3.63, 3.8) is 0 Å². The highest BCUT2D eigenvalue weighted by molar-refractivity contribution is 5.81. The van der Waals surface area contributed by atoms with E-state index >= 15 is 0 Å². The fourth-order valence-electron chi connectivity index (χ4n) is 4.43. The zero-order chi connectivity index (χ0) is 16.8. The van der Waals surface area contributed by atoms with Crippen molar-refractivity contribution in [2.24, 2.45) is 5.92 Å². The molecule has 0 spiro atoms. The van der Waals surface area contributed by atoms with Crippen molar-refractivity contribution in [3.05, 3.63) is 12.2 Å². The van der Waals surface area contributed by atoms with Crippen molar-refractivity contribution in [2.75, 3.05) is 45.8 Å². The molecule has 4 nitrogen and oxygen atoms in total. The Morgan fingerprint density at radius 1 is 1.00 bits per heavy atom. The first-order valence-electron chi connectivity index (χ1n) is 10.1. The second kappa shape index (κ2) is 9.00. The lowest BCUT2D eigenvalue weighted by molar-refractivity contribution is -0.137. The second-order valence-electron chi connectivity index (χ2n) is 7.90. The van der Waals surface area contributed by atoms with Crippen LogP contribution in [0.4, 0.5) is 0 Å². The summed E-state index contributed by atoms with van der Waals surface area (Å²) in [5, 5.41) is 0. The van der Waals surface area contributed by atoms with E-state index in [1.807, 2.05) is 0 Å². The Morgan fingerprint density at radius 2 is 1.71 bits per heavy atom. The lowest BCUT2D eigenvalue weighted by Gasteiger charge is -2.40. The number of hydrogen-bond donors (Lipinski definition) is 0. The van der Waals surface area contributed by atoms with Gasteiger partial charge in [-0.05, 0) is 44.9 Å². The third-order valence-corrected chi connectivity index (χ3v) is 6.12. The molecule has 4 heteroatoms. The summed E-state index contributed by atoms with van der Waals surface area (Å²) in [4.78, 5) is 20.0. The van der Waals surface area contributed by atoms with Crippen LogP contribution in [-0.4, -0.2) is 72.5 Å². The van der Waals surface area contributed by atoms with E-state index in [0.717, 1.165) is 45.2 Å². The van der Waals surface area contributed by atoms with E-state index in [9.17, 15) is 4.79 Å². The van der Waals surface area contributed by atoms with Gasteiger partial charge in [0.1, 0.15) is 0 Å². The third kappa shape index (κ3) is 4.82. The molecule has 2 atom stereocenters. The number of likely N-dealkylation sites (tertiary alicyclic amines) is 1. The predicted molar refractivity (Wildman–Crippen MR) is 99.0 cm³/mol. The Kier molecular flexibility index (Phi) is 6.73. The van der Waals surface area contributed by atoms with Crippen LogP contribution >= 0.6 is 0 Å². The first kappa shape index (κ1) is 17.9. The van der Waals surface area contributed by atoms with Crippen molar-refractivity contribution in [1.82, 2.24) is 14.7 Å². The van der Waals surface area contributed by atoms with Crippen LogP contribution in [0.25, 0.3) is 0 Å². The molecule has 2 aliphatic heterocycles. The van der Waals surface area contributed by atoms with Crippen molar-refractivity contribution < 1.29 is 4.79 Å². The lowest BCUT2D eigenvalue weighted by Crippen LogP contribution is -2.55. The Bertz CT molecular complexity index is 421. The minimum absolute atomic E-state index is 0.0582. The average molecular weight is 334 g/mol. The molecule has 136 valence electrons. The lowest BCUT2D eigenvalue weighted by atomic mass is 9.94. The van der Waals surface area contributed by atoms with Crippen LogP contribution in [0.15, 0.2) is 12.2 Å². The van der Waals surface area contributed by atoms with Gasteiger partial charge in [0.15, 0.2) is 0 Å². The molecule has 0 saturated carbocycles. The number of allylic oxidation sites excluding steroid dienone is 2. The summed E-state index contributed by atoms with van der Waals surface area (Å²) in [6, 6.07) is 0.0582. The predicted octanol–water partition coefficient (Wildman–Crippen LogP) is 2.75. The first-order chi connectivity index (χ1) is 11.7. The highest BCUT2D eigenvalue weighted by Crippen LogP contribution is 2.20. The fourth-order valence-corrected chi connectivity index (χ4v) is 4.43. The first-order valence-corrected chi connectivity index (χ1v) is 10.1. The molecule has 0 bridgehead atoms. The maximum absolute atomic E-state index is 12.8. The second-order valence-corrected chi connectivity index (χ2v) is 7.90. The van der Waals surface area contributed by atoms with Gasteiger partial charge in [0.25, 0.3) is 0 Å². The van der Waals surface area contributed by atoms with Gasteiger partial charge in [0.05, 0.1) is 6.04 Å². The van der Waals surface area contributed by atoms with Crippen molar-refractivity contribution in [2.45, 2.75) is 57.9 Å². The molecule has 1 aliphatic carbocycles. The van der Waals surface area contributed by atoms with E-state index in [-0.39, 0.29) is 6.04 Å². The Balaban J connectivity index is 1.43. The van der Waals surface area contributed by atoms with Gasteiger partial charge >= 0.3 is 0 Å². The molecular weight excluding hydrogens is 298 g/mol. The Hall–Kier alpha value is -0.870. The molecule has 0 aromatic rings. The van der Waals surface area contributed by atoms with Crippen LogP contribution in [0.1, 0.15) is 51.9 Å². The maximum atomic E-state index is 12.8.